The Balaban J connectivity index is 1.33. The third kappa shape index (κ3) is 4.99. The van der Waals surface area contributed by atoms with Crippen LogP contribution in [0.5, 0.6) is 0 Å². The normalized spacial score (nSPS) is 23.4. The Morgan fingerprint density at radius 3 is 2.79 bits per heavy atom. The quantitative estimate of drug-likeness (QED) is 0.443. The molecule has 2 aliphatic heterocycles. The molecule has 0 bridgehead atoms. The number of furan rings is 1. The Labute approximate surface area is 203 Å². The molecule has 0 aliphatic carbocycles. The molecule has 33 heavy (non-hydrogen) atoms. The molecule has 3 unspecified atom stereocenters. The van der Waals surface area contributed by atoms with Crippen LogP contribution in [0, 0.1) is 11.8 Å². The number of carbonyl (C=O) groups is 1. The Hall–Kier alpha value is -2.26. The Kier molecular flexibility index (Phi) is 6.78. The molecule has 0 N–H and O–H groups in total. The van der Waals surface area contributed by atoms with Crippen molar-refractivity contribution in [2.75, 3.05) is 30.3 Å². The highest BCUT2D eigenvalue weighted by Crippen LogP contribution is 2.35. The fourth-order valence-electron chi connectivity index (χ4n) is 5.20. The second-order valence-corrected chi connectivity index (χ2v) is 11.3. The lowest BCUT2D eigenvalue weighted by Crippen LogP contribution is -2.40. The van der Waals surface area contributed by atoms with Crippen molar-refractivity contribution in [2.45, 2.75) is 50.9 Å². The minimum Gasteiger partial charge on any atom is -0.467 e. The third-order valence-corrected chi connectivity index (χ3v) is 8.44. The van der Waals surface area contributed by atoms with Crippen LogP contribution >= 0.6 is 23.1 Å². The van der Waals surface area contributed by atoms with Gasteiger partial charge in [-0.25, -0.2) is 0 Å². The maximum atomic E-state index is 13.2. The number of amides is 1. The molecular formula is C24H31N5O2S2. The van der Waals surface area contributed by atoms with Crippen LogP contribution in [0.1, 0.15) is 49.8 Å². The van der Waals surface area contributed by atoms with Crippen molar-refractivity contribution < 1.29 is 9.21 Å². The fourth-order valence-corrected chi connectivity index (χ4v) is 6.89. The first-order valence-electron chi connectivity index (χ1n) is 11.7. The lowest BCUT2D eigenvalue weighted by Gasteiger charge is -2.35. The van der Waals surface area contributed by atoms with Gasteiger partial charge in [-0.15, -0.1) is 21.5 Å². The maximum Gasteiger partial charge on any atom is 0.233 e. The summed E-state index contributed by atoms with van der Waals surface area (Å²) >= 11 is 3.22. The Bertz CT molecular complexity index is 1040. The summed E-state index contributed by atoms with van der Waals surface area (Å²) in [7, 11) is 0. The van der Waals surface area contributed by atoms with E-state index in [-0.39, 0.29) is 11.9 Å². The molecular weight excluding hydrogens is 454 g/mol. The summed E-state index contributed by atoms with van der Waals surface area (Å²) in [5.41, 5.74) is 0. The number of piperidine rings is 1. The van der Waals surface area contributed by atoms with Crippen LogP contribution in [-0.4, -0.2) is 51.0 Å². The summed E-state index contributed by atoms with van der Waals surface area (Å²) in [5, 5.41) is 11.9. The lowest BCUT2D eigenvalue weighted by atomic mass is 9.92. The van der Waals surface area contributed by atoms with Crippen LogP contribution in [0.2, 0.25) is 0 Å². The zero-order valence-electron chi connectivity index (χ0n) is 19.2. The number of rotatable bonds is 7. The topological polar surface area (TPSA) is 67.4 Å². The molecule has 0 aromatic carbocycles. The summed E-state index contributed by atoms with van der Waals surface area (Å²) < 4.78 is 7.74. The number of thiophene rings is 1. The number of hydrogen-bond donors (Lipinski definition) is 0. The summed E-state index contributed by atoms with van der Waals surface area (Å²) in [6, 6.07) is 8.29. The average molecular weight is 486 g/mol. The minimum atomic E-state index is 0.171. The Morgan fingerprint density at radius 2 is 2.06 bits per heavy atom. The number of hydrogen-bond acceptors (Lipinski definition) is 7. The predicted molar refractivity (Wildman–Crippen MR) is 132 cm³/mol. The second kappa shape index (κ2) is 9.93. The van der Waals surface area contributed by atoms with Gasteiger partial charge in [-0.3, -0.25) is 9.36 Å². The first kappa shape index (κ1) is 22.5. The molecule has 0 saturated carbocycles. The molecule has 1 amide bonds. The Morgan fingerprint density at radius 1 is 1.21 bits per heavy atom. The monoisotopic (exact) mass is 485 g/mol. The van der Waals surface area contributed by atoms with Crippen molar-refractivity contribution in [1.29, 1.82) is 0 Å². The van der Waals surface area contributed by atoms with Gasteiger partial charge in [0.1, 0.15) is 5.76 Å². The number of carbonyl (C=O) groups excluding carboxylic acids is 1. The van der Waals surface area contributed by atoms with Gasteiger partial charge in [-0.05, 0) is 54.7 Å². The van der Waals surface area contributed by atoms with Crippen LogP contribution in [0.25, 0.3) is 0 Å². The zero-order chi connectivity index (χ0) is 22.8. The van der Waals surface area contributed by atoms with Gasteiger partial charge in [0.25, 0.3) is 0 Å². The van der Waals surface area contributed by atoms with E-state index in [4.69, 9.17) is 4.42 Å². The van der Waals surface area contributed by atoms with Crippen LogP contribution in [0.3, 0.4) is 0 Å². The van der Waals surface area contributed by atoms with Gasteiger partial charge >= 0.3 is 0 Å². The molecule has 2 fully saturated rings. The van der Waals surface area contributed by atoms with Crippen LogP contribution in [0.15, 0.2) is 45.5 Å². The highest BCUT2D eigenvalue weighted by atomic mass is 32.2. The van der Waals surface area contributed by atoms with Crippen LogP contribution in [0.4, 0.5) is 5.95 Å². The van der Waals surface area contributed by atoms with E-state index in [1.807, 2.05) is 17.0 Å². The minimum absolute atomic E-state index is 0.171. The van der Waals surface area contributed by atoms with Gasteiger partial charge in [0, 0.05) is 24.5 Å². The zero-order valence-corrected chi connectivity index (χ0v) is 20.9. The van der Waals surface area contributed by atoms with E-state index in [1.54, 1.807) is 17.6 Å². The van der Waals surface area contributed by atoms with E-state index < -0.39 is 0 Å². The number of thioether (sulfide) groups is 1. The SMILES string of the molecule is CC1CC(C)CN(c2nnc(SCC(=O)N3CCCC3c3cccs3)n2Cc2ccco2)C1. The molecule has 5 rings (SSSR count). The van der Waals surface area contributed by atoms with Gasteiger partial charge in [0.2, 0.25) is 11.9 Å². The molecule has 9 heteroatoms. The first-order valence-corrected chi connectivity index (χ1v) is 13.6. The predicted octanol–water partition coefficient (Wildman–Crippen LogP) is 4.92. The van der Waals surface area contributed by atoms with Gasteiger partial charge in [0.05, 0.1) is 24.6 Å². The molecule has 2 saturated heterocycles. The number of anilines is 1. The van der Waals surface area contributed by atoms with E-state index in [0.717, 1.165) is 49.3 Å². The van der Waals surface area contributed by atoms with Gasteiger partial charge < -0.3 is 14.2 Å². The summed E-state index contributed by atoms with van der Waals surface area (Å²) in [6.45, 7) is 7.93. The molecule has 5 heterocycles. The molecule has 176 valence electrons. The van der Waals surface area contributed by atoms with Crippen molar-refractivity contribution in [3.63, 3.8) is 0 Å². The van der Waals surface area contributed by atoms with Crippen molar-refractivity contribution in [3.8, 4) is 0 Å². The molecule has 7 nitrogen and oxygen atoms in total. The molecule has 3 atom stereocenters. The van der Waals surface area contributed by atoms with E-state index in [1.165, 1.54) is 23.1 Å². The number of aromatic nitrogens is 3. The maximum absolute atomic E-state index is 13.2. The second-order valence-electron chi connectivity index (χ2n) is 9.35. The van der Waals surface area contributed by atoms with Crippen molar-refractivity contribution >= 4 is 35.0 Å². The number of nitrogens with zero attached hydrogens (tertiary/aromatic N) is 5. The summed E-state index contributed by atoms with van der Waals surface area (Å²) in [5.74, 6) is 3.50. The highest BCUT2D eigenvalue weighted by Gasteiger charge is 2.31. The van der Waals surface area contributed by atoms with Gasteiger partial charge in [-0.2, -0.15) is 0 Å². The van der Waals surface area contributed by atoms with E-state index >= 15 is 0 Å². The highest BCUT2D eigenvalue weighted by molar-refractivity contribution is 7.99. The van der Waals surface area contributed by atoms with Crippen LogP contribution in [-0.2, 0) is 11.3 Å². The van der Waals surface area contributed by atoms with Crippen molar-refractivity contribution in [1.82, 2.24) is 19.7 Å². The van der Waals surface area contributed by atoms with Crippen LogP contribution < -0.4 is 4.90 Å². The van der Waals surface area contributed by atoms with Crippen molar-refractivity contribution in [3.05, 3.63) is 46.5 Å². The van der Waals surface area contributed by atoms with Crippen molar-refractivity contribution in [2.24, 2.45) is 11.8 Å². The summed E-state index contributed by atoms with van der Waals surface area (Å²) in [6.07, 6.45) is 5.03. The summed E-state index contributed by atoms with van der Waals surface area (Å²) in [4.78, 5) is 18.8. The van der Waals surface area contributed by atoms with E-state index in [9.17, 15) is 4.79 Å². The molecule has 3 aromatic rings. The van der Waals surface area contributed by atoms with E-state index in [0.29, 0.717) is 24.1 Å². The molecule has 0 radical (unpaired) electrons. The van der Waals surface area contributed by atoms with E-state index in [2.05, 4.69) is 51.0 Å². The first-order chi connectivity index (χ1) is 16.1. The lowest BCUT2D eigenvalue weighted by molar-refractivity contribution is -0.129. The molecule has 0 spiro atoms. The largest absolute Gasteiger partial charge is 0.467 e. The average Bonchev–Trinajstić information content (AvgIpc) is 3.59. The molecule has 3 aromatic heterocycles. The third-order valence-electron chi connectivity index (χ3n) is 6.51. The fraction of sp³-hybridized carbons (Fsp3) is 0.542. The smallest absolute Gasteiger partial charge is 0.233 e. The standard InChI is InChI=1S/C24H31N5O2S2/c1-17-12-18(2)14-27(13-17)23-25-26-24(29(23)15-19-6-4-10-31-19)33-16-22(30)28-9-3-7-20(28)21-8-5-11-32-21/h4-6,8,10-11,17-18,20H,3,7,9,12-16H2,1-2H3. The van der Waals surface area contributed by atoms with Gasteiger partial charge in [0.15, 0.2) is 5.16 Å². The number of likely N-dealkylation sites (tertiary alicyclic amines) is 1. The molecule has 2 aliphatic rings. The van der Waals surface area contributed by atoms with Gasteiger partial charge in [-0.1, -0.05) is 31.7 Å².